The van der Waals surface area contributed by atoms with Gasteiger partial charge in [-0.3, -0.25) is 0 Å². The SMILES string of the molecule is NS(=O)(=O)c1ccc(-c2cc(C(F)(F)F)ccc2-c2cccc(Cl)c2)cc1. The van der Waals surface area contributed by atoms with Crippen LogP contribution >= 0.6 is 11.6 Å². The van der Waals surface area contributed by atoms with E-state index in [2.05, 4.69) is 0 Å². The molecule has 0 saturated heterocycles. The molecule has 0 amide bonds. The predicted molar refractivity (Wildman–Crippen MR) is 98.7 cm³/mol. The van der Waals surface area contributed by atoms with Crippen LogP contribution in [0.5, 0.6) is 0 Å². The summed E-state index contributed by atoms with van der Waals surface area (Å²) in [5.41, 5.74) is 1.09. The molecule has 2 N–H and O–H groups in total. The first-order chi connectivity index (χ1) is 12.6. The van der Waals surface area contributed by atoms with E-state index < -0.39 is 21.8 Å². The number of alkyl halides is 3. The molecule has 0 spiro atoms. The maximum Gasteiger partial charge on any atom is 0.416 e. The van der Waals surface area contributed by atoms with Crippen LogP contribution in [0.4, 0.5) is 13.2 Å². The second-order valence-corrected chi connectivity index (χ2v) is 7.84. The second-order valence-electron chi connectivity index (χ2n) is 5.84. The van der Waals surface area contributed by atoms with E-state index in [4.69, 9.17) is 16.7 Å². The maximum atomic E-state index is 13.2. The fourth-order valence-electron chi connectivity index (χ4n) is 2.69. The molecule has 140 valence electrons. The van der Waals surface area contributed by atoms with Gasteiger partial charge >= 0.3 is 6.18 Å². The summed E-state index contributed by atoms with van der Waals surface area (Å²) in [7, 11) is -3.90. The molecule has 0 atom stereocenters. The van der Waals surface area contributed by atoms with Crippen LogP contribution in [0.2, 0.25) is 5.02 Å². The van der Waals surface area contributed by atoms with Gasteiger partial charge in [0.15, 0.2) is 0 Å². The molecule has 0 aliphatic carbocycles. The second kappa shape index (κ2) is 6.99. The fourth-order valence-corrected chi connectivity index (χ4v) is 3.40. The third kappa shape index (κ3) is 4.32. The van der Waals surface area contributed by atoms with Crippen molar-refractivity contribution in [2.75, 3.05) is 0 Å². The Kier molecular flexibility index (Phi) is 5.03. The first kappa shape index (κ1) is 19.4. The molecule has 0 radical (unpaired) electrons. The Hall–Kier alpha value is -2.35. The minimum Gasteiger partial charge on any atom is -0.225 e. The van der Waals surface area contributed by atoms with E-state index in [0.717, 1.165) is 12.1 Å². The van der Waals surface area contributed by atoms with Crippen molar-refractivity contribution in [3.05, 3.63) is 77.3 Å². The van der Waals surface area contributed by atoms with Crippen LogP contribution in [-0.4, -0.2) is 8.42 Å². The first-order valence-electron chi connectivity index (χ1n) is 7.66. The van der Waals surface area contributed by atoms with E-state index in [0.29, 0.717) is 27.3 Å². The summed E-state index contributed by atoms with van der Waals surface area (Å²) in [5, 5.41) is 5.52. The van der Waals surface area contributed by atoms with Gasteiger partial charge in [-0.2, -0.15) is 13.2 Å². The van der Waals surface area contributed by atoms with Gasteiger partial charge < -0.3 is 0 Å². The van der Waals surface area contributed by atoms with Crippen LogP contribution in [0.25, 0.3) is 22.3 Å². The smallest absolute Gasteiger partial charge is 0.225 e. The molecule has 3 aromatic carbocycles. The Bertz CT molecular complexity index is 1090. The zero-order valence-electron chi connectivity index (χ0n) is 13.7. The third-order valence-corrected chi connectivity index (χ3v) is 5.14. The number of hydrogen-bond acceptors (Lipinski definition) is 2. The summed E-state index contributed by atoms with van der Waals surface area (Å²) in [6.07, 6.45) is -4.51. The van der Waals surface area contributed by atoms with E-state index in [1.165, 1.54) is 30.3 Å². The van der Waals surface area contributed by atoms with Crippen molar-refractivity contribution < 1.29 is 21.6 Å². The van der Waals surface area contributed by atoms with Crippen LogP contribution in [0.3, 0.4) is 0 Å². The molecular formula is C19H13ClF3NO2S. The Morgan fingerprint density at radius 1 is 0.815 bits per heavy atom. The molecule has 0 bridgehead atoms. The summed E-state index contributed by atoms with van der Waals surface area (Å²) in [5.74, 6) is 0. The Balaban J connectivity index is 2.22. The molecule has 3 nitrogen and oxygen atoms in total. The minimum atomic E-state index is -4.51. The Morgan fingerprint density at radius 2 is 1.48 bits per heavy atom. The van der Waals surface area contributed by atoms with Crippen LogP contribution in [0, 0.1) is 0 Å². The van der Waals surface area contributed by atoms with Gasteiger partial charge in [-0.25, -0.2) is 13.6 Å². The summed E-state index contributed by atoms with van der Waals surface area (Å²) >= 11 is 6.01. The zero-order valence-corrected chi connectivity index (χ0v) is 15.2. The number of halogens is 4. The topological polar surface area (TPSA) is 60.2 Å². The molecule has 8 heteroatoms. The van der Waals surface area contributed by atoms with E-state index in [1.54, 1.807) is 24.3 Å². The Morgan fingerprint density at radius 3 is 2.04 bits per heavy atom. The highest BCUT2D eigenvalue weighted by Crippen LogP contribution is 2.38. The molecule has 27 heavy (non-hydrogen) atoms. The molecule has 0 aromatic heterocycles. The molecule has 0 unspecified atom stereocenters. The molecule has 0 fully saturated rings. The summed E-state index contributed by atoms with van der Waals surface area (Å²) in [6, 6.07) is 15.5. The van der Waals surface area contributed by atoms with E-state index >= 15 is 0 Å². The van der Waals surface area contributed by atoms with Crippen molar-refractivity contribution in [1.82, 2.24) is 0 Å². The fraction of sp³-hybridized carbons (Fsp3) is 0.0526. The van der Waals surface area contributed by atoms with Gasteiger partial charge in [0.1, 0.15) is 0 Å². The van der Waals surface area contributed by atoms with Crippen molar-refractivity contribution in [3.63, 3.8) is 0 Å². The number of primary sulfonamides is 1. The first-order valence-corrected chi connectivity index (χ1v) is 9.58. The molecule has 0 aliphatic heterocycles. The van der Waals surface area contributed by atoms with Crippen molar-refractivity contribution in [1.29, 1.82) is 0 Å². The van der Waals surface area contributed by atoms with E-state index in [1.807, 2.05) is 0 Å². The zero-order chi connectivity index (χ0) is 19.8. The number of rotatable bonds is 3. The predicted octanol–water partition coefficient (Wildman–Crippen LogP) is 5.34. The lowest BCUT2D eigenvalue weighted by Crippen LogP contribution is -2.11. The van der Waals surface area contributed by atoms with Crippen LogP contribution in [0.15, 0.2) is 71.6 Å². The maximum absolute atomic E-state index is 13.2. The highest BCUT2D eigenvalue weighted by atomic mass is 35.5. The monoisotopic (exact) mass is 411 g/mol. The molecule has 0 saturated carbocycles. The van der Waals surface area contributed by atoms with Crippen molar-refractivity contribution in [2.45, 2.75) is 11.1 Å². The lowest BCUT2D eigenvalue weighted by atomic mass is 9.92. The quantitative estimate of drug-likeness (QED) is 0.632. The normalized spacial score (nSPS) is 12.2. The van der Waals surface area contributed by atoms with Gasteiger partial charge in [-0.1, -0.05) is 41.9 Å². The average molecular weight is 412 g/mol. The Labute approximate surface area is 159 Å². The highest BCUT2D eigenvalue weighted by Gasteiger charge is 2.31. The highest BCUT2D eigenvalue weighted by molar-refractivity contribution is 7.89. The van der Waals surface area contributed by atoms with Crippen molar-refractivity contribution >= 4 is 21.6 Å². The standard InChI is InChI=1S/C19H13ClF3NO2S/c20-15-3-1-2-13(10-15)17-9-6-14(19(21,22)23)11-18(17)12-4-7-16(8-5-12)27(24,25)26/h1-11H,(H2,24,25,26). The lowest BCUT2D eigenvalue weighted by Gasteiger charge is -2.15. The lowest BCUT2D eigenvalue weighted by molar-refractivity contribution is -0.137. The van der Waals surface area contributed by atoms with Gasteiger partial charge in [0.2, 0.25) is 10.0 Å². The molecule has 3 rings (SSSR count). The minimum absolute atomic E-state index is 0.123. The molecule has 0 heterocycles. The largest absolute Gasteiger partial charge is 0.416 e. The van der Waals surface area contributed by atoms with Crippen LogP contribution in [0.1, 0.15) is 5.56 Å². The van der Waals surface area contributed by atoms with Crippen molar-refractivity contribution in [3.8, 4) is 22.3 Å². The van der Waals surface area contributed by atoms with E-state index in [-0.39, 0.29) is 4.90 Å². The number of benzene rings is 3. The van der Waals surface area contributed by atoms with Gasteiger partial charge in [-0.05, 0) is 58.7 Å². The third-order valence-electron chi connectivity index (χ3n) is 3.98. The van der Waals surface area contributed by atoms with Crippen LogP contribution < -0.4 is 5.14 Å². The number of hydrogen-bond donors (Lipinski definition) is 1. The van der Waals surface area contributed by atoms with Crippen molar-refractivity contribution in [2.24, 2.45) is 5.14 Å². The number of sulfonamides is 1. The average Bonchev–Trinajstić information content (AvgIpc) is 2.60. The molecule has 0 aliphatic rings. The van der Waals surface area contributed by atoms with E-state index in [9.17, 15) is 21.6 Å². The number of nitrogens with two attached hydrogens (primary N) is 1. The van der Waals surface area contributed by atoms with Gasteiger partial charge in [0, 0.05) is 5.02 Å². The summed E-state index contributed by atoms with van der Waals surface area (Å²) in [4.78, 5) is -0.123. The summed E-state index contributed by atoms with van der Waals surface area (Å²) in [6.45, 7) is 0. The molecular weight excluding hydrogens is 399 g/mol. The van der Waals surface area contributed by atoms with Gasteiger partial charge in [0.25, 0.3) is 0 Å². The van der Waals surface area contributed by atoms with Crippen LogP contribution in [-0.2, 0) is 16.2 Å². The summed E-state index contributed by atoms with van der Waals surface area (Å²) < 4.78 is 62.4. The van der Waals surface area contributed by atoms with Gasteiger partial charge in [-0.15, -0.1) is 0 Å². The molecule has 3 aromatic rings. The van der Waals surface area contributed by atoms with Gasteiger partial charge in [0.05, 0.1) is 10.5 Å².